The number of anilines is 1. The number of rotatable bonds is 3. The first kappa shape index (κ1) is 12.5. The van der Waals surface area contributed by atoms with E-state index in [1.807, 2.05) is 31.3 Å². The summed E-state index contributed by atoms with van der Waals surface area (Å²) in [6, 6.07) is 7.41. The molecule has 0 saturated heterocycles. The van der Waals surface area contributed by atoms with Crippen molar-refractivity contribution >= 4 is 22.7 Å². The number of hydrogen-bond acceptors (Lipinski definition) is 3. The summed E-state index contributed by atoms with van der Waals surface area (Å²) >= 11 is 0. The van der Waals surface area contributed by atoms with E-state index in [2.05, 4.69) is 15.3 Å². The van der Waals surface area contributed by atoms with Crippen LogP contribution in [0, 0.1) is 13.8 Å². The van der Waals surface area contributed by atoms with Crippen molar-refractivity contribution in [2.45, 2.75) is 20.3 Å². The first-order chi connectivity index (χ1) is 9.60. The number of aryl methyl sites for hydroxylation is 2. The minimum Gasteiger partial charge on any atom is -0.441 e. The summed E-state index contributed by atoms with van der Waals surface area (Å²) in [5.41, 5.74) is 4.20. The number of nitrogens with one attached hydrogen (secondary N) is 2. The third-order valence-corrected chi connectivity index (χ3v) is 3.03. The van der Waals surface area contributed by atoms with Gasteiger partial charge in [0, 0.05) is 30.6 Å². The normalized spacial score (nSPS) is 10.9. The summed E-state index contributed by atoms with van der Waals surface area (Å²) in [7, 11) is 0. The SMILES string of the molecule is Cc1cc(CC(=O)Nc2ccc3nc(C)oc3c2)c[nH]1. The van der Waals surface area contributed by atoms with Crippen LogP contribution in [-0.4, -0.2) is 15.9 Å². The molecule has 0 bridgehead atoms. The maximum Gasteiger partial charge on any atom is 0.228 e. The Kier molecular flexibility index (Phi) is 3.02. The fraction of sp³-hybridized carbons (Fsp3) is 0.200. The highest BCUT2D eigenvalue weighted by Gasteiger charge is 2.08. The van der Waals surface area contributed by atoms with E-state index in [9.17, 15) is 4.79 Å². The summed E-state index contributed by atoms with van der Waals surface area (Å²) in [5.74, 6) is 0.561. The minimum absolute atomic E-state index is 0.0559. The monoisotopic (exact) mass is 269 g/mol. The van der Waals surface area contributed by atoms with Crippen molar-refractivity contribution < 1.29 is 9.21 Å². The zero-order chi connectivity index (χ0) is 14.1. The number of H-pyrrole nitrogens is 1. The van der Waals surface area contributed by atoms with Gasteiger partial charge in [0.25, 0.3) is 0 Å². The van der Waals surface area contributed by atoms with Gasteiger partial charge in [0.05, 0.1) is 6.42 Å². The number of oxazole rings is 1. The first-order valence-electron chi connectivity index (χ1n) is 6.41. The Morgan fingerprint density at radius 2 is 2.20 bits per heavy atom. The molecule has 2 heterocycles. The molecule has 20 heavy (non-hydrogen) atoms. The predicted octanol–water partition coefficient (Wildman–Crippen LogP) is 2.95. The van der Waals surface area contributed by atoms with Crippen LogP contribution in [-0.2, 0) is 11.2 Å². The molecule has 3 rings (SSSR count). The largest absolute Gasteiger partial charge is 0.441 e. The molecule has 5 heteroatoms. The Hall–Kier alpha value is -2.56. The summed E-state index contributed by atoms with van der Waals surface area (Å²) in [4.78, 5) is 19.2. The molecule has 0 fully saturated rings. The molecule has 0 atom stereocenters. The molecule has 102 valence electrons. The van der Waals surface area contributed by atoms with Crippen molar-refractivity contribution in [3.05, 3.63) is 47.6 Å². The van der Waals surface area contributed by atoms with Crippen LogP contribution in [0.3, 0.4) is 0 Å². The van der Waals surface area contributed by atoms with Crippen molar-refractivity contribution in [2.75, 3.05) is 5.32 Å². The Labute approximate surface area is 116 Å². The molecule has 3 aromatic rings. The van der Waals surface area contributed by atoms with E-state index in [0.717, 1.165) is 16.8 Å². The predicted molar refractivity (Wildman–Crippen MR) is 76.6 cm³/mol. The Morgan fingerprint density at radius 3 is 2.95 bits per heavy atom. The van der Waals surface area contributed by atoms with Gasteiger partial charge in [-0.05, 0) is 30.7 Å². The lowest BCUT2D eigenvalue weighted by atomic mass is 10.2. The zero-order valence-electron chi connectivity index (χ0n) is 11.4. The second kappa shape index (κ2) is 4.85. The second-order valence-corrected chi connectivity index (χ2v) is 4.83. The van der Waals surface area contributed by atoms with Gasteiger partial charge in [0.15, 0.2) is 11.5 Å². The van der Waals surface area contributed by atoms with Gasteiger partial charge < -0.3 is 14.7 Å². The Balaban J connectivity index is 1.73. The highest BCUT2D eigenvalue weighted by molar-refractivity contribution is 5.94. The fourth-order valence-electron chi connectivity index (χ4n) is 2.18. The summed E-state index contributed by atoms with van der Waals surface area (Å²) < 4.78 is 5.44. The van der Waals surface area contributed by atoms with Crippen LogP contribution >= 0.6 is 0 Å². The van der Waals surface area contributed by atoms with Gasteiger partial charge >= 0.3 is 0 Å². The van der Waals surface area contributed by atoms with Gasteiger partial charge in [0.1, 0.15) is 5.52 Å². The van der Waals surface area contributed by atoms with E-state index in [0.29, 0.717) is 23.6 Å². The van der Waals surface area contributed by atoms with Gasteiger partial charge in [-0.2, -0.15) is 0 Å². The number of fused-ring (bicyclic) bond motifs is 1. The molecule has 0 radical (unpaired) electrons. The van der Waals surface area contributed by atoms with Crippen LogP contribution in [0.5, 0.6) is 0 Å². The number of aromatic amines is 1. The summed E-state index contributed by atoms with van der Waals surface area (Å²) in [6.45, 7) is 3.76. The van der Waals surface area contributed by atoms with Crippen LogP contribution in [0.1, 0.15) is 17.1 Å². The number of aromatic nitrogens is 2. The average Bonchev–Trinajstić information content (AvgIpc) is 2.93. The van der Waals surface area contributed by atoms with E-state index in [4.69, 9.17) is 4.42 Å². The Morgan fingerprint density at radius 1 is 1.35 bits per heavy atom. The van der Waals surface area contributed by atoms with Crippen LogP contribution < -0.4 is 5.32 Å². The minimum atomic E-state index is -0.0559. The topological polar surface area (TPSA) is 70.9 Å². The molecule has 0 saturated carbocycles. The number of carbonyl (C=O) groups excluding carboxylic acids is 1. The van der Waals surface area contributed by atoms with Crippen molar-refractivity contribution in [3.63, 3.8) is 0 Å². The standard InChI is InChI=1S/C15H15N3O2/c1-9-5-11(8-16-9)6-15(19)18-12-3-4-13-14(7-12)20-10(2)17-13/h3-5,7-8,16H,6H2,1-2H3,(H,18,19). The summed E-state index contributed by atoms with van der Waals surface area (Å²) in [5, 5.41) is 2.86. The highest BCUT2D eigenvalue weighted by atomic mass is 16.3. The molecule has 1 amide bonds. The molecular weight excluding hydrogens is 254 g/mol. The third kappa shape index (κ3) is 2.56. The number of hydrogen-bond donors (Lipinski definition) is 2. The van der Waals surface area contributed by atoms with Crippen LogP contribution in [0.15, 0.2) is 34.9 Å². The lowest BCUT2D eigenvalue weighted by molar-refractivity contribution is -0.115. The van der Waals surface area contributed by atoms with Crippen molar-refractivity contribution in [3.8, 4) is 0 Å². The maximum absolute atomic E-state index is 12.0. The molecule has 0 unspecified atom stereocenters. The lowest BCUT2D eigenvalue weighted by Crippen LogP contribution is -2.13. The van der Waals surface area contributed by atoms with Crippen molar-refractivity contribution in [2.24, 2.45) is 0 Å². The maximum atomic E-state index is 12.0. The number of amides is 1. The van der Waals surface area contributed by atoms with E-state index < -0.39 is 0 Å². The first-order valence-corrected chi connectivity index (χ1v) is 6.41. The van der Waals surface area contributed by atoms with Gasteiger partial charge in [-0.15, -0.1) is 0 Å². The van der Waals surface area contributed by atoms with Gasteiger partial charge in [0.2, 0.25) is 5.91 Å². The van der Waals surface area contributed by atoms with Crippen LogP contribution in [0.25, 0.3) is 11.1 Å². The molecule has 0 aliphatic rings. The van der Waals surface area contributed by atoms with Crippen LogP contribution in [0.4, 0.5) is 5.69 Å². The zero-order valence-corrected chi connectivity index (χ0v) is 11.4. The van der Waals surface area contributed by atoms with E-state index in [-0.39, 0.29) is 5.91 Å². The molecule has 2 N–H and O–H groups in total. The highest BCUT2D eigenvalue weighted by Crippen LogP contribution is 2.20. The molecule has 0 aliphatic heterocycles. The van der Waals surface area contributed by atoms with Crippen LogP contribution in [0.2, 0.25) is 0 Å². The van der Waals surface area contributed by atoms with E-state index >= 15 is 0 Å². The quantitative estimate of drug-likeness (QED) is 0.768. The number of benzene rings is 1. The molecule has 5 nitrogen and oxygen atoms in total. The molecule has 1 aromatic carbocycles. The van der Waals surface area contributed by atoms with E-state index in [1.54, 1.807) is 13.0 Å². The average molecular weight is 269 g/mol. The number of carbonyl (C=O) groups is 1. The Bertz CT molecular complexity index is 770. The summed E-state index contributed by atoms with van der Waals surface area (Å²) in [6.07, 6.45) is 2.19. The fourth-order valence-corrected chi connectivity index (χ4v) is 2.18. The molecule has 0 spiro atoms. The smallest absolute Gasteiger partial charge is 0.228 e. The van der Waals surface area contributed by atoms with Crippen molar-refractivity contribution in [1.29, 1.82) is 0 Å². The third-order valence-electron chi connectivity index (χ3n) is 3.03. The van der Waals surface area contributed by atoms with Gasteiger partial charge in [-0.1, -0.05) is 0 Å². The van der Waals surface area contributed by atoms with Crippen molar-refractivity contribution in [1.82, 2.24) is 9.97 Å². The van der Waals surface area contributed by atoms with E-state index in [1.165, 1.54) is 0 Å². The molecule has 2 aromatic heterocycles. The molecular formula is C15H15N3O2. The second-order valence-electron chi connectivity index (χ2n) is 4.83. The van der Waals surface area contributed by atoms with Gasteiger partial charge in [-0.25, -0.2) is 4.98 Å². The molecule has 0 aliphatic carbocycles. The lowest BCUT2D eigenvalue weighted by Gasteiger charge is -2.03. The number of nitrogens with zero attached hydrogens (tertiary/aromatic N) is 1. The van der Waals surface area contributed by atoms with Gasteiger partial charge in [-0.3, -0.25) is 4.79 Å².